The van der Waals surface area contributed by atoms with Gasteiger partial charge in [0.2, 0.25) is 5.91 Å². The SMILES string of the molecule is CCOc1cc(/C=C2/SC(=S)N(c3ccc(NC(C)=O)cc3)C2=O)ccc1OC(CC)C(=O)O. The number of benzene rings is 2. The van der Waals surface area contributed by atoms with Gasteiger partial charge in [-0.2, -0.15) is 0 Å². The summed E-state index contributed by atoms with van der Waals surface area (Å²) in [5.41, 5.74) is 1.90. The number of rotatable bonds is 9. The third-order valence-electron chi connectivity index (χ3n) is 4.72. The van der Waals surface area contributed by atoms with Gasteiger partial charge in [-0.15, -0.1) is 0 Å². The number of anilines is 2. The summed E-state index contributed by atoms with van der Waals surface area (Å²) in [6, 6.07) is 11.9. The standard InChI is InChI=1S/C24H24N2O6S2/c1-4-18(23(29)30)32-19-11-6-15(12-20(19)31-5-2)13-21-22(28)26(24(33)34-21)17-9-7-16(8-10-17)25-14(3)27/h6-13,18H,4-5H2,1-3H3,(H,25,27)(H,29,30)/b21-13+. The molecule has 2 amide bonds. The molecule has 0 radical (unpaired) electrons. The van der Waals surface area contributed by atoms with Crippen molar-refractivity contribution in [3.63, 3.8) is 0 Å². The Labute approximate surface area is 206 Å². The normalized spacial score (nSPS) is 15.4. The predicted octanol–water partition coefficient (Wildman–Crippen LogP) is 4.69. The van der Waals surface area contributed by atoms with E-state index < -0.39 is 12.1 Å². The number of amides is 2. The van der Waals surface area contributed by atoms with Gasteiger partial charge in [-0.25, -0.2) is 4.79 Å². The third-order valence-corrected chi connectivity index (χ3v) is 6.02. The molecule has 2 aromatic carbocycles. The van der Waals surface area contributed by atoms with E-state index in [-0.39, 0.29) is 11.8 Å². The number of hydrogen-bond donors (Lipinski definition) is 2. The van der Waals surface area contributed by atoms with Crippen molar-refractivity contribution in [2.45, 2.75) is 33.3 Å². The number of thiocarbonyl (C=S) groups is 1. The van der Waals surface area contributed by atoms with E-state index >= 15 is 0 Å². The lowest BCUT2D eigenvalue weighted by Gasteiger charge is -2.17. The summed E-state index contributed by atoms with van der Waals surface area (Å²) in [4.78, 5) is 37.5. The number of thioether (sulfide) groups is 1. The van der Waals surface area contributed by atoms with E-state index in [1.807, 2.05) is 6.92 Å². The van der Waals surface area contributed by atoms with Crippen molar-refractivity contribution in [1.29, 1.82) is 0 Å². The highest BCUT2D eigenvalue weighted by atomic mass is 32.2. The van der Waals surface area contributed by atoms with Crippen LogP contribution in [-0.4, -0.2) is 39.9 Å². The summed E-state index contributed by atoms with van der Waals surface area (Å²) in [7, 11) is 0. The molecule has 8 nitrogen and oxygen atoms in total. The fourth-order valence-electron chi connectivity index (χ4n) is 3.18. The smallest absolute Gasteiger partial charge is 0.344 e. The second-order valence-electron chi connectivity index (χ2n) is 7.24. The Bertz CT molecular complexity index is 1150. The number of carbonyl (C=O) groups is 3. The lowest BCUT2D eigenvalue weighted by atomic mass is 10.1. The minimum absolute atomic E-state index is 0.183. The molecule has 1 heterocycles. The Kier molecular flexibility index (Phi) is 8.30. The van der Waals surface area contributed by atoms with Crippen LogP contribution in [0.2, 0.25) is 0 Å². The zero-order chi connectivity index (χ0) is 24.8. The quantitative estimate of drug-likeness (QED) is 0.377. The molecule has 0 aromatic heterocycles. The van der Waals surface area contributed by atoms with Crippen molar-refractivity contribution in [3.05, 3.63) is 52.9 Å². The van der Waals surface area contributed by atoms with E-state index in [9.17, 15) is 19.5 Å². The van der Waals surface area contributed by atoms with Gasteiger partial charge in [0.15, 0.2) is 21.9 Å². The molecule has 0 spiro atoms. The van der Waals surface area contributed by atoms with Crippen LogP contribution in [0.15, 0.2) is 47.4 Å². The Hall–Kier alpha value is -3.37. The largest absolute Gasteiger partial charge is 0.490 e. The van der Waals surface area contributed by atoms with Crippen LogP contribution in [0.4, 0.5) is 11.4 Å². The van der Waals surface area contributed by atoms with Gasteiger partial charge in [0, 0.05) is 12.6 Å². The molecule has 2 aromatic rings. The molecule has 2 N–H and O–H groups in total. The van der Waals surface area contributed by atoms with Gasteiger partial charge in [0.1, 0.15) is 0 Å². The Morgan fingerprint density at radius 2 is 1.88 bits per heavy atom. The summed E-state index contributed by atoms with van der Waals surface area (Å²) in [6.07, 6.45) is 1.02. The molecule has 34 heavy (non-hydrogen) atoms. The number of aliphatic carboxylic acids is 1. The summed E-state index contributed by atoms with van der Waals surface area (Å²) in [6.45, 7) is 5.32. The van der Waals surface area contributed by atoms with Crippen LogP contribution in [0.1, 0.15) is 32.8 Å². The lowest BCUT2D eigenvalue weighted by Crippen LogP contribution is -2.27. The van der Waals surface area contributed by atoms with Crippen LogP contribution in [0.3, 0.4) is 0 Å². The number of ether oxygens (including phenoxy) is 2. The summed E-state index contributed by atoms with van der Waals surface area (Å²) < 4.78 is 11.6. The predicted molar refractivity (Wildman–Crippen MR) is 136 cm³/mol. The van der Waals surface area contributed by atoms with E-state index in [1.54, 1.807) is 55.5 Å². The van der Waals surface area contributed by atoms with Gasteiger partial charge >= 0.3 is 5.97 Å². The molecule has 0 saturated carbocycles. The van der Waals surface area contributed by atoms with E-state index in [1.165, 1.54) is 23.6 Å². The minimum Gasteiger partial charge on any atom is -0.490 e. The van der Waals surface area contributed by atoms with Crippen molar-refractivity contribution in [2.75, 3.05) is 16.8 Å². The lowest BCUT2D eigenvalue weighted by molar-refractivity contribution is -0.145. The van der Waals surface area contributed by atoms with Gasteiger partial charge in [0.25, 0.3) is 5.91 Å². The Morgan fingerprint density at radius 1 is 1.18 bits per heavy atom. The first-order valence-electron chi connectivity index (χ1n) is 10.5. The molecule has 1 fully saturated rings. The molecular formula is C24H24N2O6S2. The van der Waals surface area contributed by atoms with E-state index in [2.05, 4.69) is 5.32 Å². The van der Waals surface area contributed by atoms with Gasteiger partial charge in [-0.1, -0.05) is 37.0 Å². The van der Waals surface area contributed by atoms with Crippen LogP contribution in [-0.2, 0) is 14.4 Å². The second kappa shape index (κ2) is 11.2. The van der Waals surface area contributed by atoms with Crippen molar-refractivity contribution in [1.82, 2.24) is 0 Å². The Morgan fingerprint density at radius 3 is 2.47 bits per heavy atom. The number of nitrogens with zero attached hydrogens (tertiary/aromatic N) is 1. The third kappa shape index (κ3) is 5.95. The van der Waals surface area contributed by atoms with Gasteiger partial charge < -0.3 is 19.9 Å². The molecule has 178 valence electrons. The van der Waals surface area contributed by atoms with Crippen molar-refractivity contribution >= 4 is 63.5 Å². The minimum atomic E-state index is -1.05. The maximum absolute atomic E-state index is 13.1. The van der Waals surface area contributed by atoms with E-state index in [0.717, 1.165) is 0 Å². The average Bonchev–Trinajstić information content (AvgIpc) is 3.06. The zero-order valence-corrected chi connectivity index (χ0v) is 20.5. The molecule has 1 aliphatic heterocycles. The maximum atomic E-state index is 13.1. The average molecular weight is 501 g/mol. The number of carboxylic acid groups (broad SMARTS) is 1. The molecule has 1 unspecified atom stereocenters. The van der Waals surface area contributed by atoms with Crippen molar-refractivity contribution in [3.8, 4) is 11.5 Å². The fraction of sp³-hybridized carbons (Fsp3) is 0.250. The van der Waals surface area contributed by atoms with Gasteiger partial charge in [0.05, 0.1) is 17.2 Å². The second-order valence-corrected chi connectivity index (χ2v) is 8.91. The molecule has 1 atom stereocenters. The molecule has 1 saturated heterocycles. The molecule has 0 bridgehead atoms. The Balaban J connectivity index is 1.84. The molecule has 3 rings (SSSR count). The van der Waals surface area contributed by atoms with Crippen molar-refractivity contribution in [2.24, 2.45) is 0 Å². The fourth-order valence-corrected chi connectivity index (χ4v) is 4.48. The molecule has 10 heteroatoms. The summed E-state index contributed by atoms with van der Waals surface area (Å²) in [5.74, 6) is -0.794. The van der Waals surface area contributed by atoms with Crippen LogP contribution in [0, 0.1) is 0 Å². The number of nitrogens with one attached hydrogen (secondary N) is 1. The van der Waals surface area contributed by atoms with Gasteiger partial charge in [-0.05, 0) is 61.4 Å². The number of carboxylic acids is 1. The molecular weight excluding hydrogens is 476 g/mol. The van der Waals surface area contributed by atoms with Gasteiger partial charge in [-0.3, -0.25) is 14.5 Å². The van der Waals surface area contributed by atoms with Crippen LogP contribution >= 0.6 is 24.0 Å². The first-order chi connectivity index (χ1) is 16.2. The van der Waals surface area contributed by atoms with Crippen LogP contribution in [0.5, 0.6) is 11.5 Å². The number of carbonyl (C=O) groups excluding carboxylic acids is 2. The molecule has 1 aliphatic rings. The highest BCUT2D eigenvalue weighted by Crippen LogP contribution is 2.37. The highest BCUT2D eigenvalue weighted by Gasteiger charge is 2.33. The van der Waals surface area contributed by atoms with E-state index in [0.29, 0.717) is 50.7 Å². The number of hydrogen-bond acceptors (Lipinski definition) is 7. The monoisotopic (exact) mass is 500 g/mol. The first kappa shape index (κ1) is 25.3. The zero-order valence-electron chi connectivity index (χ0n) is 18.9. The maximum Gasteiger partial charge on any atom is 0.344 e. The topological polar surface area (TPSA) is 105 Å². The molecule has 0 aliphatic carbocycles. The highest BCUT2D eigenvalue weighted by molar-refractivity contribution is 8.27. The summed E-state index contributed by atoms with van der Waals surface area (Å²) in [5, 5.41) is 12.0. The van der Waals surface area contributed by atoms with E-state index in [4.69, 9.17) is 21.7 Å². The van der Waals surface area contributed by atoms with Crippen LogP contribution in [0.25, 0.3) is 6.08 Å². The first-order valence-corrected chi connectivity index (χ1v) is 11.8. The van der Waals surface area contributed by atoms with Crippen LogP contribution < -0.4 is 19.7 Å². The summed E-state index contributed by atoms with van der Waals surface area (Å²) >= 11 is 6.60. The van der Waals surface area contributed by atoms with Crippen molar-refractivity contribution < 1.29 is 29.0 Å².